The smallest absolute Gasteiger partial charge is 0.0717 e. The van der Waals surface area contributed by atoms with E-state index in [1.165, 1.54) is 0 Å². The standard InChI is InChI=1S/C3H9N3O/c4-3-1-2-6(7)5-3/h3,5,7H,1-2,4H2. The Bertz CT molecular complexity index is 59.2. The molecule has 7 heavy (non-hydrogen) atoms. The van der Waals surface area contributed by atoms with Crippen molar-refractivity contribution in [3.05, 3.63) is 0 Å². The molecule has 1 saturated heterocycles. The van der Waals surface area contributed by atoms with E-state index in [1.54, 1.807) is 0 Å². The second-order valence-corrected chi connectivity index (χ2v) is 1.65. The fourth-order valence-corrected chi connectivity index (χ4v) is 0.582. The summed E-state index contributed by atoms with van der Waals surface area (Å²) < 4.78 is 0. The highest BCUT2D eigenvalue weighted by molar-refractivity contribution is 4.62. The zero-order valence-electron chi connectivity index (χ0n) is 3.96. The first kappa shape index (κ1) is 4.99. The van der Waals surface area contributed by atoms with Crippen molar-refractivity contribution in [3.63, 3.8) is 0 Å². The quantitative estimate of drug-likeness (QED) is 0.363. The van der Waals surface area contributed by atoms with E-state index >= 15 is 0 Å². The van der Waals surface area contributed by atoms with Crippen molar-refractivity contribution in [1.82, 2.24) is 10.6 Å². The molecule has 0 aliphatic carbocycles. The van der Waals surface area contributed by atoms with Crippen LogP contribution in [0.4, 0.5) is 0 Å². The van der Waals surface area contributed by atoms with Gasteiger partial charge in [-0.15, -0.1) is 5.17 Å². The number of rotatable bonds is 0. The number of hydrogen-bond donors (Lipinski definition) is 3. The lowest BCUT2D eigenvalue weighted by Crippen LogP contribution is -2.37. The van der Waals surface area contributed by atoms with Gasteiger partial charge in [0.15, 0.2) is 0 Å². The fraction of sp³-hybridized carbons (Fsp3) is 1.00. The molecule has 0 radical (unpaired) electrons. The molecule has 4 nitrogen and oxygen atoms in total. The van der Waals surface area contributed by atoms with Gasteiger partial charge in [0, 0.05) is 6.54 Å². The monoisotopic (exact) mass is 103 g/mol. The average molecular weight is 103 g/mol. The summed E-state index contributed by atoms with van der Waals surface area (Å²) in [5.74, 6) is 0. The highest BCUT2D eigenvalue weighted by Gasteiger charge is 2.14. The van der Waals surface area contributed by atoms with Gasteiger partial charge in [-0.2, -0.15) is 0 Å². The van der Waals surface area contributed by atoms with E-state index in [0.717, 1.165) is 11.6 Å². The van der Waals surface area contributed by atoms with Crippen molar-refractivity contribution in [2.75, 3.05) is 6.54 Å². The highest BCUT2D eigenvalue weighted by atomic mass is 16.5. The number of hydrogen-bond acceptors (Lipinski definition) is 4. The Morgan fingerprint density at radius 3 is 2.71 bits per heavy atom. The molecule has 0 saturated carbocycles. The van der Waals surface area contributed by atoms with Crippen LogP contribution in [-0.2, 0) is 0 Å². The maximum Gasteiger partial charge on any atom is 0.0717 e. The van der Waals surface area contributed by atoms with E-state index in [0.29, 0.717) is 6.54 Å². The first-order valence-electron chi connectivity index (χ1n) is 2.27. The van der Waals surface area contributed by atoms with E-state index in [-0.39, 0.29) is 6.17 Å². The van der Waals surface area contributed by atoms with E-state index in [1.807, 2.05) is 0 Å². The summed E-state index contributed by atoms with van der Waals surface area (Å²) >= 11 is 0. The van der Waals surface area contributed by atoms with Crippen LogP contribution in [0.5, 0.6) is 0 Å². The van der Waals surface area contributed by atoms with Gasteiger partial charge in [0.25, 0.3) is 0 Å². The van der Waals surface area contributed by atoms with Crippen LogP contribution in [0.1, 0.15) is 6.42 Å². The van der Waals surface area contributed by atoms with Gasteiger partial charge in [0.05, 0.1) is 6.17 Å². The van der Waals surface area contributed by atoms with Gasteiger partial charge in [-0.25, -0.2) is 5.43 Å². The first-order chi connectivity index (χ1) is 3.29. The van der Waals surface area contributed by atoms with Crippen LogP contribution >= 0.6 is 0 Å². The molecule has 0 spiro atoms. The minimum atomic E-state index is -0.0509. The molecule has 0 bridgehead atoms. The van der Waals surface area contributed by atoms with Gasteiger partial charge in [0.2, 0.25) is 0 Å². The third-order valence-electron chi connectivity index (χ3n) is 0.967. The molecular weight excluding hydrogens is 94.1 g/mol. The molecule has 0 aromatic carbocycles. The van der Waals surface area contributed by atoms with Gasteiger partial charge < -0.3 is 5.73 Å². The molecule has 1 rings (SSSR count). The minimum Gasteiger partial charge on any atom is -0.315 e. The van der Waals surface area contributed by atoms with Gasteiger partial charge in [-0.1, -0.05) is 0 Å². The number of nitrogens with one attached hydrogen (secondary N) is 1. The number of hydrazine groups is 1. The van der Waals surface area contributed by atoms with E-state index in [9.17, 15) is 0 Å². The zero-order chi connectivity index (χ0) is 5.28. The topological polar surface area (TPSA) is 61.5 Å². The van der Waals surface area contributed by atoms with Crippen molar-refractivity contribution in [2.24, 2.45) is 5.73 Å². The van der Waals surface area contributed by atoms with E-state index in [4.69, 9.17) is 10.9 Å². The van der Waals surface area contributed by atoms with Crippen molar-refractivity contribution >= 4 is 0 Å². The minimum absolute atomic E-state index is 0.0509. The summed E-state index contributed by atoms with van der Waals surface area (Å²) in [4.78, 5) is 0. The lowest BCUT2D eigenvalue weighted by atomic mass is 10.4. The maximum atomic E-state index is 8.54. The molecule has 4 N–H and O–H groups in total. The molecule has 1 fully saturated rings. The first-order valence-corrected chi connectivity index (χ1v) is 2.27. The predicted octanol–water partition coefficient (Wildman–Crippen LogP) is -1.13. The molecule has 0 aromatic heterocycles. The van der Waals surface area contributed by atoms with Crippen LogP contribution in [0.3, 0.4) is 0 Å². The summed E-state index contributed by atoms with van der Waals surface area (Å²) in [6, 6.07) is 0. The Balaban J connectivity index is 2.26. The molecule has 1 atom stereocenters. The van der Waals surface area contributed by atoms with Crippen LogP contribution in [0.2, 0.25) is 0 Å². The van der Waals surface area contributed by atoms with Gasteiger partial charge in [-0.3, -0.25) is 5.21 Å². The Morgan fingerprint density at radius 1 is 1.86 bits per heavy atom. The number of nitrogens with two attached hydrogens (primary N) is 1. The molecule has 1 aliphatic heterocycles. The largest absolute Gasteiger partial charge is 0.315 e. The van der Waals surface area contributed by atoms with E-state index < -0.39 is 0 Å². The lowest BCUT2D eigenvalue weighted by Gasteiger charge is -2.04. The number of hydroxylamine groups is 1. The van der Waals surface area contributed by atoms with Crippen LogP contribution < -0.4 is 11.2 Å². The Kier molecular flexibility index (Phi) is 1.25. The molecule has 1 unspecified atom stereocenters. The van der Waals surface area contributed by atoms with Crippen LogP contribution in [0, 0.1) is 0 Å². The predicted molar refractivity (Wildman–Crippen MR) is 24.2 cm³/mol. The van der Waals surface area contributed by atoms with Crippen LogP contribution in [-0.4, -0.2) is 23.1 Å². The van der Waals surface area contributed by atoms with Crippen molar-refractivity contribution < 1.29 is 5.21 Å². The van der Waals surface area contributed by atoms with Crippen molar-refractivity contribution in [2.45, 2.75) is 12.6 Å². The summed E-state index contributed by atoms with van der Waals surface area (Å²) in [5, 5.41) is 9.55. The molecule has 1 heterocycles. The molecule has 0 amide bonds. The Labute approximate surface area is 41.8 Å². The SMILES string of the molecule is NC1CCN(O)N1. The van der Waals surface area contributed by atoms with Gasteiger partial charge in [-0.05, 0) is 6.42 Å². The maximum absolute atomic E-state index is 8.54. The summed E-state index contributed by atoms with van der Waals surface area (Å²) in [7, 11) is 0. The molecule has 4 heteroatoms. The lowest BCUT2D eigenvalue weighted by molar-refractivity contribution is -0.115. The van der Waals surface area contributed by atoms with Gasteiger partial charge in [0.1, 0.15) is 0 Å². The molecule has 42 valence electrons. The molecule has 0 aromatic rings. The van der Waals surface area contributed by atoms with Crippen LogP contribution in [0.15, 0.2) is 0 Å². The third kappa shape index (κ3) is 1.10. The second kappa shape index (κ2) is 1.75. The van der Waals surface area contributed by atoms with Crippen LogP contribution in [0.25, 0.3) is 0 Å². The summed E-state index contributed by atoms with van der Waals surface area (Å²) in [6.45, 7) is 0.626. The second-order valence-electron chi connectivity index (χ2n) is 1.65. The van der Waals surface area contributed by atoms with Crippen molar-refractivity contribution in [3.8, 4) is 0 Å². The highest BCUT2D eigenvalue weighted by Crippen LogP contribution is 1.94. The third-order valence-corrected chi connectivity index (χ3v) is 0.967. The zero-order valence-corrected chi connectivity index (χ0v) is 3.96. The summed E-state index contributed by atoms with van der Waals surface area (Å²) in [5.41, 5.74) is 7.90. The average Bonchev–Trinajstić information content (AvgIpc) is 1.87. The fourth-order valence-electron chi connectivity index (χ4n) is 0.582. The van der Waals surface area contributed by atoms with Crippen molar-refractivity contribution in [1.29, 1.82) is 0 Å². The van der Waals surface area contributed by atoms with Gasteiger partial charge >= 0.3 is 0 Å². The number of nitrogens with zero attached hydrogens (tertiary/aromatic N) is 1. The normalized spacial score (nSPS) is 34.3. The molecular formula is C3H9N3O. The van der Waals surface area contributed by atoms with E-state index in [2.05, 4.69) is 5.43 Å². The Morgan fingerprint density at radius 2 is 2.57 bits per heavy atom. The molecule has 1 aliphatic rings. The summed E-state index contributed by atoms with van der Waals surface area (Å²) in [6.07, 6.45) is 0.765. The Hall–Kier alpha value is -0.160.